The summed E-state index contributed by atoms with van der Waals surface area (Å²) in [7, 11) is 0. The van der Waals surface area contributed by atoms with Crippen LogP contribution < -0.4 is 10.1 Å². The molecule has 0 aliphatic rings. The summed E-state index contributed by atoms with van der Waals surface area (Å²) >= 11 is 0. The monoisotopic (exact) mass is 293 g/mol. The van der Waals surface area contributed by atoms with Crippen LogP contribution in [0.3, 0.4) is 0 Å². The van der Waals surface area contributed by atoms with Gasteiger partial charge >= 0.3 is 0 Å². The fourth-order valence-electron chi connectivity index (χ4n) is 2.14. The lowest BCUT2D eigenvalue weighted by molar-refractivity contribution is 0.271. The van der Waals surface area contributed by atoms with Crippen molar-refractivity contribution < 1.29 is 9.84 Å². The van der Waals surface area contributed by atoms with Gasteiger partial charge in [0.25, 0.3) is 0 Å². The van der Waals surface area contributed by atoms with E-state index in [0.29, 0.717) is 18.6 Å². The van der Waals surface area contributed by atoms with Crippen molar-refractivity contribution in [2.45, 2.75) is 52.5 Å². The van der Waals surface area contributed by atoms with Gasteiger partial charge in [0.2, 0.25) is 0 Å². The zero-order valence-corrected chi connectivity index (χ0v) is 13.8. The summed E-state index contributed by atoms with van der Waals surface area (Å²) in [5.74, 6) is 1.50. The minimum Gasteiger partial charge on any atom is -0.493 e. The predicted octanol–water partition coefficient (Wildman–Crippen LogP) is 3.92. The SMILES string of the molecule is CC(C)COc1ccc(C(C)NCCCCCCO)cc1. The van der Waals surface area contributed by atoms with E-state index in [9.17, 15) is 0 Å². The van der Waals surface area contributed by atoms with Crippen LogP contribution in [0.25, 0.3) is 0 Å². The second-order valence-corrected chi connectivity index (χ2v) is 6.09. The molecule has 0 bridgehead atoms. The fraction of sp³-hybridized carbons (Fsp3) is 0.667. The molecule has 0 aliphatic carbocycles. The van der Waals surface area contributed by atoms with Crippen LogP contribution >= 0.6 is 0 Å². The van der Waals surface area contributed by atoms with Gasteiger partial charge in [-0.25, -0.2) is 0 Å². The molecule has 0 heterocycles. The molecule has 1 aromatic rings. The highest BCUT2D eigenvalue weighted by atomic mass is 16.5. The molecule has 0 spiro atoms. The second kappa shape index (κ2) is 10.6. The molecule has 2 N–H and O–H groups in total. The lowest BCUT2D eigenvalue weighted by Gasteiger charge is -2.15. The average molecular weight is 293 g/mol. The zero-order chi connectivity index (χ0) is 15.5. The number of nitrogens with one attached hydrogen (secondary N) is 1. The molecule has 1 atom stereocenters. The summed E-state index contributed by atoms with van der Waals surface area (Å²) in [4.78, 5) is 0. The number of unbranched alkanes of at least 4 members (excludes halogenated alkanes) is 3. The minimum absolute atomic E-state index is 0.315. The summed E-state index contributed by atoms with van der Waals surface area (Å²) in [6, 6.07) is 8.74. The third-order valence-corrected chi connectivity index (χ3v) is 3.50. The van der Waals surface area contributed by atoms with Gasteiger partial charge in [0.15, 0.2) is 0 Å². The summed E-state index contributed by atoms with van der Waals surface area (Å²) < 4.78 is 5.70. The Kier molecular flexibility index (Phi) is 9.11. The number of hydrogen-bond donors (Lipinski definition) is 2. The summed E-state index contributed by atoms with van der Waals surface area (Å²) in [5, 5.41) is 12.3. The van der Waals surface area contributed by atoms with Crippen LogP contribution in [-0.4, -0.2) is 24.9 Å². The number of rotatable bonds is 11. The van der Waals surface area contributed by atoms with Crippen LogP contribution in [0.5, 0.6) is 5.75 Å². The Morgan fingerprint density at radius 1 is 1.00 bits per heavy atom. The zero-order valence-electron chi connectivity index (χ0n) is 13.8. The van der Waals surface area contributed by atoms with Crippen LogP contribution in [0.1, 0.15) is 58.1 Å². The molecule has 1 aromatic carbocycles. The molecule has 0 saturated carbocycles. The van der Waals surface area contributed by atoms with Crippen LogP contribution in [0.15, 0.2) is 24.3 Å². The summed E-state index contributed by atoms with van der Waals surface area (Å²) in [6.45, 7) is 8.60. The van der Waals surface area contributed by atoms with Crippen molar-refractivity contribution >= 4 is 0 Å². The van der Waals surface area contributed by atoms with Gasteiger partial charge in [-0.2, -0.15) is 0 Å². The topological polar surface area (TPSA) is 41.5 Å². The molecule has 0 radical (unpaired) electrons. The van der Waals surface area contributed by atoms with Gasteiger partial charge in [0.1, 0.15) is 5.75 Å². The van der Waals surface area contributed by atoms with Crippen molar-refractivity contribution in [1.82, 2.24) is 5.32 Å². The Morgan fingerprint density at radius 3 is 2.29 bits per heavy atom. The van der Waals surface area contributed by atoms with E-state index in [1.54, 1.807) is 0 Å². The van der Waals surface area contributed by atoms with E-state index in [2.05, 4.69) is 50.4 Å². The number of hydrogen-bond acceptors (Lipinski definition) is 3. The molecule has 3 heteroatoms. The molecule has 0 amide bonds. The standard InChI is InChI=1S/C18H31NO2/c1-15(2)14-21-18-10-8-17(9-11-18)16(3)19-12-6-4-5-7-13-20/h8-11,15-16,19-20H,4-7,12-14H2,1-3H3. The highest BCUT2D eigenvalue weighted by molar-refractivity contribution is 5.28. The van der Waals surface area contributed by atoms with E-state index in [4.69, 9.17) is 9.84 Å². The molecule has 1 rings (SSSR count). The fourth-order valence-corrected chi connectivity index (χ4v) is 2.14. The maximum absolute atomic E-state index is 8.72. The van der Waals surface area contributed by atoms with Crippen LogP contribution in [-0.2, 0) is 0 Å². The Morgan fingerprint density at radius 2 is 1.67 bits per heavy atom. The Bertz CT molecular complexity index is 362. The first-order valence-electron chi connectivity index (χ1n) is 8.20. The highest BCUT2D eigenvalue weighted by Crippen LogP contribution is 2.18. The molecule has 3 nitrogen and oxygen atoms in total. The lowest BCUT2D eigenvalue weighted by Crippen LogP contribution is -2.19. The molecule has 0 fully saturated rings. The van der Waals surface area contributed by atoms with Crippen LogP contribution in [0, 0.1) is 5.92 Å². The van der Waals surface area contributed by atoms with Crippen LogP contribution in [0.4, 0.5) is 0 Å². The smallest absolute Gasteiger partial charge is 0.119 e. The largest absolute Gasteiger partial charge is 0.493 e. The Labute approximate surface area is 129 Å². The van der Waals surface area contributed by atoms with E-state index in [1.807, 2.05) is 0 Å². The normalized spacial score (nSPS) is 12.6. The maximum atomic E-state index is 8.72. The maximum Gasteiger partial charge on any atom is 0.119 e. The highest BCUT2D eigenvalue weighted by Gasteiger charge is 2.05. The molecule has 0 aromatic heterocycles. The molecular formula is C18H31NO2. The first kappa shape index (κ1) is 18.0. The number of aliphatic hydroxyl groups is 1. The molecule has 21 heavy (non-hydrogen) atoms. The van der Waals surface area contributed by atoms with E-state index >= 15 is 0 Å². The number of aliphatic hydroxyl groups excluding tert-OH is 1. The van der Waals surface area contributed by atoms with E-state index in [0.717, 1.165) is 31.7 Å². The minimum atomic E-state index is 0.315. The van der Waals surface area contributed by atoms with E-state index < -0.39 is 0 Å². The summed E-state index contributed by atoms with van der Waals surface area (Å²) in [5.41, 5.74) is 1.29. The van der Waals surface area contributed by atoms with Gasteiger partial charge in [-0.3, -0.25) is 0 Å². The van der Waals surface area contributed by atoms with Gasteiger partial charge in [0.05, 0.1) is 6.61 Å². The van der Waals surface area contributed by atoms with Gasteiger partial charge in [-0.1, -0.05) is 38.8 Å². The van der Waals surface area contributed by atoms with Crippen molar-refractivity contribution in [1.29, 1.82) is 0 Å². The van der Waals surface area contributed by atoms with Crippen molar-refractivity contribution in [3.63, 3.8) is 0 Å². The second-order valence-electron chi connectivity index (χ2n) is 6.09. The van der Waals surface area contributed by atoms with Crippen molar-refractivity contribution in [3.05, 3.63) is 29.8 Å². The van der Waals surface area contributed by atoms with Gasteiger partial charge in [-0.05, 0) is 49.9 Å². The third-order valence-electron chi connectivity index (χ3n) is 3.50. The van der Waals surface area contributed by atoms with Crippen molar-refractivity contribution in [2.75, 3.05) is 19.8 Å². The molecular weight excluding hydrogens is 262 g/mol. The van der Waals surface area contributed by atoms with Crippen molar-refractivity contribution in [2.24, 2.45) is 5.92 Å². The van der Waals surface area contributed by atoms with Crippen LogP contribution in [0.2, 0.25) is 0 Å². The first-order chi connectivity index (χ1) is 10.1. The molecule has 1 unspecified atom stereocenters. The van der Waals surface area contributed by atoms with Crippen molar-refractivity contribution in [3.8, 4) is 5.75 Å². The number of ether oxygens (including phenoxy) is 1. The third kappa shape index (κ3) is 8.08. The number of benzene rings is 1. The molecule has 0 aliphatic heterocycles. The predicted molar refractivity (Wildman–Crippen MR) is 88.7 cm³/mol. The summed E-state index contributed by atoms with van der Waals surface area (Å²) in [6.07, 6.45) is 4.39. The Hall–Kier alpha value is -1.06. The van der Waals surface area contributed by atoms with Gasteiger partial charge in [-0.15, -0.1) is 0 Å². The molecule has 120 valence electrons. The van der Waals surface area contributed by atoms with Gasteiger partial charge < -0.3 is 15.2 Å². The first-order valence-corrected chi connectivity index (χ1v) is 8.20. The lowest BCUT2D eigenvalue weighted by atomic mass is 10.1. The quantitative estimate of drug-likeness (QED) is 0.608. The Balaban J connectivity index is 2.25. The van der Waals surface area contributed by atoms with E-state index in [1.165, 1.54) is 18.4 Å². The van der Waals surface area contributed by atoms with Gasteiger partial charge in [0, 0.05) is 12.6 Å². The average Bonchev–Trinajstić information content (AvgIpc) is 2.49. The van der Waals surface area contributed by atoms with E-state index in [-0.39, 0.29) is 0 Å². The molecule has 0 saturated heterocycles.